The first-order valence-corrected chi connectivity index (χ1v) is 6.96. The van der Waals surface area contributed by atoms with Crippen molar-refractivity contribution in [3.8, 4) is 22.4 Å². The number of benzene rings is 2. The Morgan fingerprint density at radius 3 is 2.48 bits per heavy atom. The van der Waals surface area contributed by atoms with E-state index in [1.807, 2.05) is 12.1 Å². The highest BCUT2D eigenvalue weighted by molar-refractivity contribution is 5.88. The molecule has 0 amide bonds. The Morgan fingerprint density at radius 1 is 0.952 bits per heavy atom. The molecule has 0 unspecified atom stereocenters. The smallest absolute Gasteiger partial charge is 0.230 e. The lowest BCUT2D eigenvalue weighted by Gasteiger charge is -2.07. The minimum Gasteiger partial charge on any atom is -0.367 e. The molecule has 1 heterocycles. The van der Waals surface area contributed by atoms with Crippen LogP contribution in [0.25, 0.3) is 22.4 Å². The maximum atomic E-state index is 6.02. The van der Waals surface area contributed by atoms with Crippen LogP contribution < -0.4 is 5.73 Å². The number of aryl methyl sites for hydroxylation is 3. The van der Waals surface area contributed by atoms with Gasteiger partial charge >= 0.3 is 0 Å². The Bertz CT molecular complexity index is 803. The molecule has 0 aliphatic carbocycles. The molecule has 2 N–H and O–H groups in total. The average Bonchev–Trinajstić information content (AvgIpc) is 2.83. The number of nitrogen functional groups attached to an aromatic ring is 1. The SMILES string of the molecule is Cc1cccc(-c2c(-c3cc(C)ccc3C)noc2N)c1. The fourth-order valence-corrected chi connectivity index (χ4v) is 2.56. The summed E-state index contributed by atoms with van der Waals surface area (Å²) in [5.41, 5.74) is 13.3. The molecule has 0 atom stereocenters. The van der Waals surface area contributed by atoms with E-state index in [-0.39, 0.29) is 0 Å². The van der Waals surface area contributed by atoms with Crippen molar-refractivity contribution in [2.45, 2.75) is 20.8 Å². The van der Waals surface area contributed by atoms with Crippen LogP contribution in [-0.2, 0) is 0 Å². The average molecular weight is 278 g/mol. The van der Waals surface area contributed by atoms with Gasteiger partial charge in [0.15, 0.2) is 0 Å². The van der Waals surface area contributed by atoms with Crippen LogP contribution in [0.3, 0.4) is 0 Å². The lowest BCUT2D eigenvalue weighted by Crippen LogP contribution is -1.90. The molecule has 3 nitrogen and oxygen atoms in total. The molecule has 0 aliphatic rings. The molecule has 3 rings (SSSR count). The van der Waals surface area contributed by atoms with Gasteiger partial charge in [-0.1, -0.05) is 52.7 Å². The summed E-state index contributed by atoms with van der Waals surface area (Å²) < 4.78 is 5.27. The Kier molecular flexibility index (Phi) is 3.26. The van der Waals surface area contributed by atoms with Crippen LogP contribution >= 0.6 is 0 Å². The van der Waals surface area contributed by atoms with Crippen molar-refractivity contribution in [2.75, 3.05) is 5.73 Å². The number of nitrogens with two attached hydrogens (primary N) is 1. The predicted octanol–water partition coefficient (Wildman–Crippen LogP) is 4.52. The van der Waals surface area contributed by atoms with Crippen LogP contribution in [0.15, 0.2) is 47.0 Å². The summed E-state index contributed by atoms with van der Waals surface area (Å²) in [7, 11) is 0. The first-order chi connectivity index (χ1) is 10.1. The van der Waals surface area contributed by atoms with Crippen LogP contribution in [0, 0.1) is 20.8 Å². The third-order valence-electron chi connectivity index (χ3n) is 3.67. The monoisotopic (exact) mass is 278 g/mol. The first-order valence-electron chi connectivity index (χ1n) is 6.96. The standard InChI is InChI=1S/C18H18N2O/c1-11-5-4-6-14(9-11)16-17(20-21-18(16)19)15-10-12(2)7-8-13(15)3/h4-10H,19H2,1-3H3. The molecule has 21 heavy (non-hydrogen) atoms. The zero-order valence-electron chi connectivity index (χ0n) is 12.5. The quantitative estimate of drug-likeness (QED) is 0.750. The van der Waals surface area contributed by atoms with Crippen LogP contribution in [0.5, 0.6) is 0 Å². The van der Waals surface area contributed by atoms with Crippen LogP contribution in [-0.4, -0.2) is 5.16 Å². The molecule has 0 spiro atoms. The van der Waals surface area contributed by atoms with Gasteiger partial charge in [-0.05, 0) is 38.0 Å². The maximum Gasteiger partial charge on any atom is 0.230 e. The van der Waals surface area contributed by atoms with E-state index in [4.69, 9.17) is 10.3 Å². The fraction of sp³-hybridized carbons (Fsp3) is 0.167. The summed E-state index contributed by atoms with van der Waals surface area (Å²) in [4.78, 5) is 0. The van der Waals surface area contributed by atoms with E-state index in [0.717, 1.165) is 27.9 Å². The van der Waals surface area contributed by atoms with Gasteiger partial charge in [0, 0.05) is 5.56 Å². The number of rotatable bonds is 2. The summed E-state index contributed by atoms with van der Waals surface area (Å²) in [6.45, 7) is 6.20. The summed E-state index contributed by atoms with van der Waals surface area (Å²) in [6, 6.07) is 14.5. The predicted molar refractivity (Wildman–Crippen MR) is 86.0 cm³/mol. The third kappa shape index (κ3) is 2.42. The van der Waals surface area contributed by atoms with E-state index in [2.05, 4.69) is 56.3 Å². The van der Waals surface area contributed by atoms with Crippen molar-refractivity contribution in [3.05, 3.63) is 59.2 Å². The zero-order chi connectivity index (χ0) is 15.0. The van der Waals surface area contributed by atoms with Crippen molar-refractivity contribution in [2.24, 2.45) is 0 Å². The topological polar surface area (TPSA) is 52.0 Å². The second kappa shape index (κ2) is 5.09. The summed E-state index contributed by atoms with van der Waals surface area (Å²) in [5.74, 6) is 0.358. The highest BCUT2D eigenvalue weighted by Gasteiger charge is 2.18. The zero-order valence-corrected chi connectivity index (χ0v) is 12.5. The molecule has 3 heteroatoms. The molecular weight excluding hydrogens is 260 g/mol. The molecule has 3 aromatic rings. The van der Waals surface area contributed by atoms with Crippen LogP contribution in [0.1, 0.15) is 16.7 Å². The van der Waals surface area contributed by atoms with Crippen LogP contribution in [0.4, 0.5) is 5.88 Å². The van der Waals surface area contributed by atoms with Crippen molar-refractivity contribution in [3.63, 3.8) is 0 Å². The number of nitrogens with zero attached hydrogens (tertiary/aromatic N) is 1. The van der Waals surface area contributed by atoms with Gasteiger partial charge in [0.2, 0.25) is 5.88 Å². The van der Waals surface area contributed by atoms with E-state index >= 15 is 0 Å². The molecule has 0 radical (unpaired) electrons. The molecular formula is C18H18N2O. The Balaban J connectivity index is 2.24. The van der Waals surface area contributed by atoms with Gasteiger partial charge in [0.25, 0.3) is 0 Å². The van der Waals surface area contributed by atoms with E-state index in [0.29, 0.717) is 5.88 Å². The van der Waals surface area contributed by atoms with Crippen molar-refractivity contribution < 1.29 is 4.52 Å². The van der Waals surface area contributed by atoms with Gasteiger partial charge in [-0.25, -0.2) is 0 Å². The van der Waals surface area contributed by atoms with Gasteiger partial charge in [-0.2, -0.15) is 0 Å². The maximum absolute atomic E-state index is 6.02. The molecule has 0 aliphatic heterocycles. The number of hydrogen-bond acceptors (Lipinski definition) is 3. The molecule has 106 valence electrons. The van der Waals surface area contributed by atoms with Gasteiger partial charge in [-0.15, -0.1) is 0 Å². The van der Waals surface area contributed by atoms with Gasteiger partial charge in [-0.3, -0.25) is 0 Å². The van der Waals surface area contributed by atoms with Crippen molar-refractivity contribution >= 4 is 5.88 Å². The van der Waals surface area contributed by atoms with Crippen molar-refractivity contribution in [1.29, 1.82) is 0 Å². The number of aromatic nitrogens is 1. The van der Waals surface area contributed by atoms with E-state index in [1.165, 1.54) is 11.1 Å². The molecule has 1 aromatic heterocycles. The normalized spacial score (nSPS) is 10.8. The summed E-state index contributed by atoms with van der Waals surface area (Å²) >= 11 is 0. The van der Waals surface area contributed by atoms with Gasteiger partial charge < -0.3 is 10.3 Å². The Hall–Kier alpha value is -2.55. The largest absolute Gasteiger partial charge is 0.367 e. The van der Waals surface area contributed by atoms with Crippen molar-refractivity contribution in [1.82, 2.24) is 5.16 Å². The minimum atomic E-state index is 0.358. The number of anilines is 1. The van der Waals surface area contributed by atoms with Gasteiger partial charge in [0.1, 0.15) is 5.69 Å². The minimum absolute atomic E-state index is 0.358. The van der Waals surface area contributed by atoms with Crippen LogP contribution in [0.2, 0.25) is 0 Å². The number of hydrogen-bond donors (Lipinski definition) is 1. The Morgan fingerprint density at radius 2 is 1.71 bits per heavy atom. The van der Waals surface area contributed by atoms with E-state index in [9.17, 15) is 0 Å². The van der Waals surface area contributed by atoms with Gasteiger partial charge in [0.05, 0.1) is 5.56 Å². The molecule has 0 bridgehead atoms. The summed E-state index contributed by atoms with van der Waals surface area (Å²) in [5, 5.41) is 4.19. The lowest BCUT2D eigenvalue weighted by atomic mass is 9.96. The van der Waals surface area contributed by atoms with E-state index < -0.39 is 0 Å². The summed E-state index contributed by atoms with van der Waals surface area (Å²) in [6.07, 6.45) is 0. The first kappa shape index (κ1) is 13.4. The molecule has 0 saturated carbocycles. The third-order valence-corrected chi connectivity index (χ3v) is 3.67. The molecule has 0 fully saturated rings. The highest BCUT2D eigenvalue weighted by Crippen LogP contribution is 2.37. The fourth-order valence-electron chi connectivity index (χ4n) is 2.56. The van der Waals surface area contributed by atoms with E-state index in [1.54, 1.807) is 0 Å². The lowest BCUT2D eigenvalue weighted by molar-refractivity contribution is 0.439. The highest BCUT2D eigenvalue weighted by atomic mass is 16.5. The molecule has 2 aromatic carbocycles. The molecule has 0 saturated heterocycles. The Labute approximate surface area is 124 Å². The second-order valence-electron chi connectivity index (χ2n) is 5.46. The second-order valence-corrected chi connectivity index (χ2v) is 5.46.